The second-order valence-electron chi connectivity index (χ2n) is 6.71. The van der Waals surface area contributed by atoms with Gasteiger partial charge in [-0.3, -0.25) is 9.48 Å². The summed E-state index contributed by atoms with van der Waals surface area (Å²) < 4.78 is 1.91. The molecule has 3 heterocycles. The quantitative estimate of drug-likeness (QED) is 0.762. The highest BCUT2D eigenvalue weighted by atomic mass is 16.1. The zero-order chi connectivity index (χ0) is 17.1. The van der Waals surface area contributed by atoms with Gasteiger partial charge in [-0.25, -0.2) is 9.97 Å². The van der Waals surface area contributed by atoms with Crippen LogP contribution in [0.2, 0.25) is 0 Å². The van der Waals surface area contributed by atoms with Crippen LogP contribution in [0.15, 0.2) is 41.7 Å². The van der Waals surface area contributed by atoms with Crippen molar-refractivity contribution >= 4 is 10.9 Å². The molecule has 1 saturated heterocycles. The normalized spacial score (nSPS) is 18.6. The van der Waals surface area contributed by atoms with Crippen LogP contribution in [0.1, 0.15) is 18.7 Å². The van der Waals surface area contributed by atoms with E-state index in [1.54, 1.807) is 12.7 Å². The average Bonchev–Trinajstić information content (AvgIpc) is 3.13. The summed E-state index contributed by atoms with van der Waals surface area (Å²) in [7, 11) is 0. The van der Waals surface area contributed by atoms with Crippen LogP contribution in [0.5, 0.6) is 0 Å². The molecule has 2 aromatic heterocycles. The van der Waals surface area contributed by atoms with Crippen molar-refractivity contribution in [2.75, 3.05) is 19.6 Å². The molecule has 0 spiro atoms. The van der Waals surface area contributed by atoms with Crippen molar-refractivity contribution in [3.8, 4) is 0 Å². The summed E-state index contributed by atoms with van der Waals surface area (Å²) in [5.41, 5.74) is 0.715. The van der Waals surface area contributed by atoms with Gasteiger partial charge in [-0.2, -0.15) is 5.10 Å². The third kappa shape index (κ3) is 3.76. The van der Waals surface area contributed by atoms with Gasteiger partial charge >= 0.3 is 0 Å². The molecule has 0 unspecified atom stereocenters. The van der Waals surface area contributed by atoms with Gasteiger partial charge in [0, 0.05) is 26.1 Å². The first-order valence-corrected chi connectivity index (χ1v) is 8.80. The maximum Gasteiger partial charge on any atom is 0.258 e. The Morgan fingerprint density at radius 3 is 3.08 bits per heavy atom. The number of nitrogens with one attached hydrogen (secondary N) is 1. The first-order chi connectivity index (χ1) is 12.3. The Bertz CT molecular complexity index is 888. The minimum absolute atomic E-state index is 0.0525. The number of nitrogens with zero attached hydrogens (tertiary/aromatic N) is 5. The average molecular weight is 338 g/mol. The molecule has 0 bridgehead atoms. The Labute approximate surface area is 145 Å². The number of hydrogen-bond acceptors (Lipinski definition) is 5. The Morgan fingerprint density at radius 2 is 2.20 bits per heavy atom. The van der Waals surface area contributed by atoms with Crippen LogP contribution in [0.25, 0.3) is 10.9 Å². The summed E-state index contributed by atoms with van der Waals surface area (Å²) in [5.74, 6) is 1.36. The fourth-order valence-electron chi connectivity index (χ4n) is 3.61. The third-order valence-corrected chi connectivity index (χ3v) is 4.84. The predicted octanol–water partition coefficient (Wildman–Crippen LogP) is 1.47. The maximum atomic E-state index is 12.2. The fourth-order valence-corrected chi connectivity index (χ4v) is 3.61. The molecule has 0 saturated carbocycles. The minimum Gasteiger partial charge on any atom is -0.310 e. The van der Waals surface area contributed by atoms with Gasteiger partial charge < -0.3 is 9.88 Å². The molecule has 7 nitrogen and oxygen atoms in total. The van der Waals surface area contributed by atoms with Crippen LogP contribution in [-0.4, -0.2) is 49.3 Å². The lowest BCUT2D eigenvalue weighted by atomic mass is 9.98. The topological polar surface area (TPSA) is 79.7 Å². The van der Waals surface area contributed by atoms with Gasteiger partial charge in [0.25, 0.3) is 5.56 Å². The van der Waals surface area contributed by atoms with Crippen LogP contribution in [0.3, 0.4) is 0 Å². The summed E-state index contributed by atoms with van der Waals surface area (Å²) in [6, 6.07) is 7.48. The highest BCUT2D eigenvalue weighted by Crippen LogP contribution is 2.18. The number of para-hydroxylation sites is 1. The molecule has 25 heavy (non-hydrogen) atoms. The minimum atomic E-state index is -0.0525. The lowest BCUT2D eigenvalue weighted by molar-refractivity contribution is 0.160. The smallest absolute Gasteiger partial charge is 0.258 e. The Morgan fingerprint density at radius 1 is 1.28 bits per heavy atom. The van der Waals surface area contributed by atoms with Crippen LogP contribution in [0, 0.1) is 5.92 Å². The number of fused-ring (bicyclic) bond motifs is 1. The van der Waals surface area contributed by atoms with Crippen LogP contribution < -0.4 is 5.56 Å². The van der Waals surface area contributed by atoms with E-state index in [-0.39, 0.29) is 5.56 Å². The van der Waals surface area contributed by atoms with E-state index >= 15 is 0 Å². The molecule has 130 valence electrons. The summed E-state index contributed by atoms with van der Waals surface area (Å²) >= 11 is 0. The van der Waals surface area contributed by atoms with Gasteiger partial charge in [0.2, 0.25) is 0 Å². The largest absolute Gasteiger partial charge is 0.310 e. The number of aromatic amines is 1. The molecular weight excluding hydrogens is 316 g/mol. The van der Waals surface area contributed by atoms with Crippen molar-refractivity contribution < 1.29 is 0 Å². The van der Waals surface area contributed by atoms with Crippen molar-refractivity contribution in [1.82, 2.24) is 29.6 Å². The van der Waals surface area contributed by atoms with E-state index in [1.807, 2.05) is 28.9 Å². The number of benzene rings is 1. The molecule has 1 N–H and O–H groups in total. The van der Waals surface area contributed by atoms with Gasteiger partial charge in [0.15, 0.2) is 0 Å². The van der Waals surface area contributed by atoms with Gasteiger partial charge in [-0.15, -0.1) is 0 Å². The SMILES string of the molecule is O=c1[nH]c(CCN2CCC[C@@H](Cn3cncn3)C2)nc2ccccc12. The molecule has 0 amide bonds. The molecule has 1 aliphatic heterocycles. The molecule has 0 radical (unpaired) electrons. The molecular formula is C18H22N6O. The van der Waals surface area contributed by atoms with Crippen LogP contribution in [0.4, 0.5) is 0 Å². The number of H-pyrrole nitrogens is 1. The van der Waals surface area contributed by atoms with Crippen molar-refractivity contribution in [3.63, 3.8) is 0 Å². The molecule has 7 heteroatoms. The lowest BCUT2D eigenvalue weighted by Crippen LogP contribution is -2.38. The van der Waals surface area contributed by atoms with Crippen LogP contribution in [-0.2, 0) is 13.0 Å². The first kappa shape index (κ1) is 16.0. The third-order valence-electron chi connectivity index (χ3n) is 4.84. The number of rotatable bonds is 5. The number of hydrogen-bond donors (Lipinski definition) is 1. The van der Waals surface area contributed by atoms with Gasteiger partial charge in [-0.1, -0.05) is 12.1 Å². The van der Waals surface area contributed by atoms with E-state index in [0.717, 1.165) is 43.9 Å². The number of likely N-dealkylation sites (tertiary alicyclic amines) is 1. The van der Waals surface area contributed by atoms with Gasteiger partial charge in [0.1, 0.15) is 18.5 Å². The highest BCUT2D eigenvalue weighted by molar-refractivity contribution is 5.77. The standard InChI is InChI=1S/C18H22N6O/c25-18-15-5-1-2-6-16(15)21-17(22-18)7-9-23-8-3-4-14(10-23)11-24-13-19-12-20-24/h1-2,5-6,12-14H,3-4,7-11H2,(H,21,22,25)/t14-/m1/s1. The zero-order valence-corrected chi connectivity index (χ0v) is 14.1. The van der Waals surface area contributed by atoms with Gasteiger partial charge in [0.05, 0.1) is 10.9 Å². The molecule has 4 rings (SSSR count). The molecule has 1 fully saturated rings. The van der Waals surface area contributed by atoms with Crippen LogP contribution >= 0.6 is 0 Å². The molecule has 1 aromatic carbocycles. The Balaban J connectivity index is 1.38. The van der Waals surface area contributed by atoms with E-state index in [2.05, 4.69) is 25.0 Å². The van der Waals surface area contributed by atoms with E-state index in [4.69, 9.17) is 0 Å². The monoisotopic (exact) mass is 338 g/mol. The molecule has 1 atom stereocenters. The Hall–Kier alpha value is -2.54. The molecule has 3 aromatic rings. The maximum absolute atomic E-state index is 12.2. The van der Waals surface area contributed by atoms with E-state index < -0.39 is 0 Å². The highest BCUT2D eigenvalue weighted by Gasteiger charge is 2.20. The van der Waals surface area contributed by atoms with Crippen molar-refractivity contribution in [2.24, 2.45) is 5.92 Å². The second-order valence-corrected chi connectivity index (χ2v) is 6.71. The fraction of sp³-hybridized carbons (Fsp3) is 0.444. The summed E-state index contributed by atoms with van der Waals surface area (Å²) in [6.07, 6.45) is 6.55. The van der Waals surface area contributed by atoms with Crippen molar-refractivity contribution in [2.45, 2.75) is 25.8 Å². The first-order valence-electron chi connectivity index (χ1n) is 8.80. The summed E-state index contributed by atoms with van der Waals surface area (Å²) in [4.78, 5) is 26.1. The van der Waals surface area contributed by atoms with E-state index in [0.29, 0.717) is 11.3 Å². The number of piperidine rings is 1. The predicted molar refractivity (Wildman–Crippen MR) is 95.3 cm³/mol. The molecule has 0 aliphatic carbocycles. The molecule has 1 aliphatic rings. The van der Waals surface area contributed by atoms with Gasteiger partial charge in [-0.05, 0) is 37.4 Å². The summed E-state index contributed by atoms with van der Waals surface area (Å²) in [6.45, 7) is 3.99. The zero-order valence-electron chi connectivity index (χ0n) is 14.1. The number of aromatic nitrogens is 5. The van der Waals surface area contributed by atoms with Crippen molar-refractivity contribution in [1.29, 1.82) is 0 Å². The van der Waals surface area contributed by atoms with E-state index in [9.17, 15) is 4.79 Å². The van der Waals surface area contributed by atoms with Crippen molar-refractivity contribution in [3.05, 3.63) is 53.1 Å². The van der Waals surface area contributed by atoms with E-state index in [1.165, 1.54) is 12.8 Å². The lowest BCUT2D eigenvalue weighted by Gasteiger charge is -2.32. The summed E-state index contributed by atoms with van der Waals surface area (Å²) in [5, 5.41) is 4.86. The second kappa shape index (κ2) is 7.14. The Kier molecular flexibility index (Phi) is 4.56.